The summed E-state index contributed by atoms with van der Waals surface area (Å²) in [6.07, 6.45) is 0. The molecule has 2 aromatic carbocycles. The van der Waals surface area contributed by atoms with Gasteiger partial charge < -0.3 is 4.74 Å². The molecule has 0 aliphatic rings. The first-order valence-electron chi connectivity index (χ1n) is 6.23. The third kappa shape index (κ3) is 4.21. The van der Waals surface area contributed by atoms with Gasteiger partial charge in [0.2, 0.25) is 0 Å². The number of hydrogen-bond donors (Lipinski definition) is 0. The molecule has 0 unspecified atom stereocenters. The summed E-state index contributed by atoms with van der Waals surface area (Å²) >= 11 is 5.82. The summed E-state index contributed by atoms with van der Waals surface area (Å²) < 4.78 is 8.29. The Labute approximate surface area is 136 Å². The van der Waals surface area contributed by atoms with Crippen LogP contribution in [0, 0.1) is 3.57 Å². The van der Waals surface area contributed by atoms with Gasteiger partial charge in [-0.1, -0.05) is 41.9 Å². The molecule has 3 heteroatoms. The summed E-state index contributed by atoms with van der Waals surface area (Å²) in [5.41, 5.74) is 2.43. The Bertz CT molecular complexity index is 549. The van der Waals surface area contributed by atoms with E-state index in [0.29, 0.717) is 12.5 Å². The molecule has 0 radical (unpaired) electrons. The molecule has 0 amide bonds. The average Bonchev–Trinajstić information content (AvgIpc) is 2.39. The second-order valence-corrected chi connectivity index (χ2v) is 6.91. The smallest absolute Gasteiger partial charge is 0.123 e. The van der Waals surface area contributed by atoms with Crippen LogP contribution in [0.15, 0.2) is 46.9 Å². The fourth-order valence-electron chi connectivity index (χ4n) is 1.84. The van der Waals surface area contributed by atoms with Crippen LogP contribution < -0.4 is 4.74 Å². The van der Waals surface area contributed by atoms with Crippen LogP contribution in [0.5, 0.6) is 5.75 Å². The first-order chi connectivity index (χ1) is 9.06. The average molecular weight is 431 g/mol. The quantitative estimate of drug-likeness (QED) is 0.560. The molecule has 0 saturated carbocycles. The summed E-state index contributed by atoms with van der Waals surface area (Å²) in [5, 5.41) is 0. The van der Waals surface area contributed by atoms with Crippen LogP contribution in [0.4, 0.5) is 0 Å². The summed E-state index contributed by atoms with van der Waals surface area (Å²) in [4.78, 5) is 0. The van der Waals surface area contributed by atoms with E-state index in [1.165, 1.54) is 14.7 Å². The molecule has 2 aromatic rings. The van der Waals surface area contributed by atoms with Gasteiger partial charge in [0, 0.05) is 8.04 Å². The fraction of sp³-hybridized carbons (Fsp3) is 0.250. The van der Waals surface area contributed by atoms with Crippen LogP contribution in [0.1, 0.15) is 30.9 Å². The lowest BCUT2D eigenvalue weighted by Crippen LogP contribution is -2.00. The minimum absolute atomic E-state index is 0.448. The van der Waals surface area contributed by atoms with Crippen LogP contribution >= 0.6 is 38.5 Å². The second-order valence-electron chi connectivity index (χ2n) is 4.75. The zero-order valence-corrected chi connectivity index (χ0v) is 14.7. The van der Waals surface area contributed by atoms with Crippen LogP contribution in [0.3, 0.4) is 0 Å². The van der Waals surface area contributed by atoms with E-state index < -0.39 is 0 Å². The molecular weight excluding hydrogens is 415 g/mol. The molecule has 0 N–H and O–H groups in total. The van der Waals surface area contributed by atoms with E-state index in [4.69, 9.17) is 4.74 Å². The second kappa shape index (κ2) is 6.75. The van der Waals surface area contributed by atoms with E-state index in [1.807, 2.05) is 12.1 Å². The third-order valence-corrected chi connectivity index (χ3v) is 4.11. The normalized spacial score (nSPS) is 10.8. The largest absolute Gasteiger partial charge is 0.489 e. The lowest BCUT2D eigenvalue weighted by molar-refractivity contribution is 0.301. The molecule has 0 aliphatic carbocycles. The van der Waals surface area contributed by atoms with E-state index in [2.05, 4.69) is 82.7 Å². The molecule has 19 heavy (non-hydrogen) atoms. The topological polar surface area (TPSA) is 9.23 Å². The van der Waals surface area contributed by atoms with Crippen molar-refractivity contribution in [2.45, 2.75) is 26.4 Å². The van der Waals surface area contributed by atoms with Crippen molar-refractivity contribution in [3.63, 3.8) is 0 Å². The summed E-state index contributed by atoms with van der Waals surface area (Å²) in [6, 6.07) is 14.6. The SMILES string of the molecule is CC(C)c1cc(Br)ccc1OCc1ccc(I)cc1. The predicted molar refractivity (Wildman–Crippen MR) is 91.7 cm³/mol. The molecular formula is C16H16BrIO. The Morgan fingerprint density at radius 2 is 1.79 bits per heavy atom. The van der Waals surface area contributed by atoms with Gasteiger partial charge in [0.05, 0.1) is 0 Å². The van der Waals surface area contributed by atoms with Gasteiger partial charge in [0.25, 0.3) is 0 Å². The molecule has 0 bridgehead atoms. The number of benzene rings is 2. The number of rotatable bonds is 4. The van der Waals surface area contributed by atoms with Gasteiger partial charge in [-0.05, 0) is 70.0 Å². The highest BCUT2D eigenvalue weighted by Gasteiger charge is 2.08. The minimum Gasteiger partial charge on any atom is -0.489 e. The van der Waals surface area contributed by atoms with Gasteiger partial charge in [-0.25, -0.2) is 0 Å². The zero-order valence-electron chi connectivity index (χ0n) is 11.0. The Hall–Kier alpha value is -0.550. The van der Waals surface area contributed by atoms with E-state index in [1.54, 1.807) is 0 Å². The van der Waals surface area contributed by atoms with E-state index in [0.717, 1.165) is 10.2 Å². The van der Waals surface area contributed by atoms with E-state index >= 15 is 0 Å². The molecule has 0 aliphatic heterocycles. The van der Waals surface area contributed by atoms with Gasteiger partial charge in [0.15, 0.2) is 0 Å². The van der Waals surface area contributed by atoms with Crippen LogP contribution in [-0.2, 0) is 6.61 Å². The monoisotopic (exact) mass is 430 g/mol. The fourth-order valence-corrected chi connectivity index (χ4v) is 2.58. The molecule has 0 atom stereocenters. The van der Waals surface area contributed by atoms with Crippen molar-refractivity contribution >= 4 is 38.5 Å². The van der Waals surface area contributed by atoms with Crippen LogP contribution in [-0.4, -0.2) is 0 Å². The highest BCUT2D eigenvalue weighted by atomic mass is 127. The van der Waals surface area contributed by atoms with Crippen molar-refractivity contribution < 1.29 is 4.74 Å². The maximum Gasteiger partial charge on any atom is 0.123 e. The molecule has 0 fully saturated rings. The Kier molecular flexibility index (Phi) is 5.28. The maximum atomic E-state index is 5.96. The first kappa shape index (κ1) is 14.9. The Morgan fingerprint density at radius 3 is 2.42 bits per heavy atom. The maximum absolute atomic E-state index is 5.96. The lowest BCUT2D eigenvalue weighted by atomic mass is 10.0. The summed E-state index contributed by atoms with van der Waals surface area (Å²) in [5.74, 6) is 1.42. The van der Waals surface area contributed by atoms with Gasteiger partial charge in [-0.15, -0.1) is 0 Å². The van der Waals surface area contributed by atoms with Crippen molar-refractivity contribution in [2.24, 2.45) is 0 Å². The van der Waals surface area contributed by atoms with Crippen molar-refractivity contribution in [3.8, 4) is 5.75 Å². The molecule has 0 spiro atoms. The number of halogens is 2. The Morgan fingerprint density at radius 1 is 1.11 bits per heavy atom. The van der Waals surface area contributed by atoms with Crippen LogP contribution in [0.25, 0.3) is 0 Å². The van der Waals surface area contributed by atoms with Crippen LogP contribution in [0.2, 0.25) is 0 Å². The summed E-state index contributed by atoms with van der Waals surface area (Å²) in [6.45, 7) is 4.97. The standard InChI is InChI=1S/C16H16BrIO/c1-11(2)15-9-13(17)5-8-16(15)19-10-12-3-6-14(18)7-4-12/h3-9,11H,10H2,1-2H3. The number of ether oxygens (including phenoxy) is 1. The molecule has 0 saturated heterocycles. The Balaban J connectivity index is 2.13. The third-order valence-electron chi connectivity index (χ3n) is 2.90. The molecule has 2 rings (SSSR count). The molecule has 1 nitrogen and oxygen atoms in total. The summed E-state index contributed by atoms with van der Waals surface area (Å²) in [7, 11) is 0. The van der Waals surface area contributed by atoms with Gasteiger partial charge in [0.1, 0.15) is 12.4 Å². The lowest BCUT2D eigenvalue weighted by Gasteiger charge is -2.14. The van der Waals surface area contributed by atoms with Crippen molar-refractivity contribution in [3.05, 3.63) is 61.6 Å². The van der Waals surface area contributed by atoms with Gasteiger partial charge in [-0.3, -0.25) is 0 Å². The van der Waals surface area contributed by atoms with Crippen molar-refractivity contribution in [1.82, 2.24) is 0 Å². The van der Waals surface area contributed by atoms with Crippen molar-refractivity contribution in [2.75, 3.05) is 0 Å². The number of hydrogen-bond acceptors (Lipinski definition) is 1. The molecule has 0 heterocycles. The minimum atomic E-state index is 0.448. The zero-order chi connectivity index (χ0) is 13.8. The van der Waals surface area contributed by atoms with Gasteiger partial charge >= 0.3 is 0 Å². The molecule has 0 aromatic heterocycles. The molecule has 100 valence electrons. The van der Waals surface area contributed by atoms with E-state index in [9.17, 15) is 0 Å². The van der Waals surface area contributed by atoms with Crippen molar-refractivity contribution in [1.29, 1.82) is 0 Å². The highest BCUT2D eigenvalue weighted by Crippen LogP contribution is 2.30. The predicted octanol–water partition coefficient (Wildman–Crippen LogP) is 5.76. The van der Waals surface area contributed by atoms with E-state index in [-0.39, 0.29) is 0 Å². The highest BCUT2D eigenvalue weighted by molar-refractivity contribution is 14.1. The van der Waals surface area contributed by atoms with Gasteiger partial charge in [-0.2, -0.15) is 0 Å². The first-order valence-corrected chi connectivity index (χ1v) is 8.10.